The summed E-state index contributed by atoms with van der Waals surface area (Å²) in [6.45, 7) is 16.3. The van der Waals surface area contributed by atoms with Gasteiger partial charge < -0.3 is 5.32 Å². The van der Waals surface area contributed by atoms with E-state index in [-0.39, 0.29) is 5.91 Å². The second-order valence-electron chi connectivity index (χ2n) is 9.06. The Morgan fingerprint density at radius 2 is 1.91 bits per heavy atom. The highest BCUT2D eigenvalue weighted by atomic mass is 16.1. The summed E-state index contributed by atoms with van der Waals surface area (Å²) in [4.78, 5) is 14.9. The van der Waals surface area contributed by atoms with Gasteiger partial charge in [0.25, 0.3) is 0 Å². The molecule has 3 nitrogen and oxygen atoms in total. The summed E-state index contributed by atoms with van der Waals surface area (Å²) >= 11 is 0. The standard InChI is InChI=1S/C20H36N2O/c1-15(2)14-22-8-6-18(7-9-22)21-19(23)11-17-10-16(3)12-20(4,5)13-17/h16-18H,1,6-14H2,2-5H3,(H,21,23)/t16-,17+/m1/s1. The van der Waals surface area contributed by atoms with Crippen molar-refractivity contribution in [2.24, 2.45) is 17.3 Å². The average molecular weight is 321 g/mol. The molecule has 2 fully saturated rings. The number of likely N-dealkylation sites (tertiary alicyclic amines) is 1. The summed E-state index contributed by atoms with van der Waals surface area (Å²) in [5, 5.41) is 3.29. The highest BCUT2D eigenvalue weighted by Crippen LogP contribution is 2.42. The second kappa shape index (κ2) is 7.83. The van der Waals surface area contributed by atoms with E-state index in [2.05, 4.69) is 44.5 Å². The number of nitrogens with zero attached hydrogens (tertiary/aromatic N) is 1. The fourth-order valence-corrected chi connectivity index (χ4v) is 4.87. The van der Waals surface area contributed by atoms with E-state index >= 15 is 0 Å². The van der Waals surface area contributed by atoms with Crippen LogP contribution in [0.2, 0.25) is 0 Å². The zero-order valence-electron chi connectivity index (χ0n) is 15.7. The van der Waals surface area contributed by atoms with Gasteiger partial charge in [0.15, 0.2) is 0 Å². The van der Waals surface area contributed by atoms with Gasteiger partial charge in [0, 0.05) is 32.1 Å². The van der Waals surface area contributed by atoms with Gasteiger partial charge in [0.1, 0.15) is 0 Å². The highest BCUT2D eigenvalue weighted by molar-refractivity contribution is 5.76. The SMILES string of the molecule is C=C(C)CN1CCC(NC(=O)C[C@@H]2C[C@@H](C)CC(C)(C)C2)CC1. The summed E-state index contributed by atoms with van der Waals surface area (Å²) in [6.07, 6.45) is 6.58. The summed E-state index contributed by atoms with van der Waals surface area (Å²) in [7, 11) is 0. The number of carbonyl (C=O) groups excluding carboxylic acids is 1. The van der Waals surface area contributed by atoms with E-state index in [1.165, 1.54) is 24.8 Å². The minimum atomic E-state index is 0.276. The van der Waals surface area contributed by atoms with E-state index < -0.39 is 0 Å². The monoisotopic (exact) mass is 320 g/mol. The van der Waals surface area contributed by atoms with Crippen molar-refractivity contribution in [2.45, 2.75) is 72.3 Å². The molecule has 0 unspecified atom stereocenters. The van der Waals surface area contributed by atoms with Crippen LogP contribution in [0.15, 0.2) is 12.2 Å². The molecule has 1 heterocycles. The lowest BCUT2D eigenvalue weighted by molar-refractivity contribution is -0.123. The average Bonchev–Trinajstić information content (AvgIpc) is 2.37. The molecule has 1 saturated carbocycles. The van der Waals surface area contributed by atoms with Gasteiger partial charge in [-0.25, -0.2) is 0 Å². The molecule has 23 heavy (non-hydrogen) atoms. The lowest BCUT2D eigenvalue weighted by Gasteiger charge is -2.39. The van der Waals surface area contributed by atoms with Crippen LogP contribution in [0, 0.1) is 17.3 Å². The van der Waals surface area contributed by atoms with Crippen LogP contribution in [0.4, 0.5) is 0 Å². The normalized spacial score (nSPS) is 29.2. The van der Waals surface area contributed by atoms with Gasteiger partial charge >= 0.3 is 0 Å². The first-order valence-electron chi connectivity index (χ1n) is 9.39. The van der Waals surface area contributed by atoms with Crippen LogP contribution in [0.5, 0.6) is 0 Å². The smallest absolute Gasteiger partial charge is 0.220 e. The number of carbonyl (C=O) groups is 1. The third-order valence-corrected chi connectivity index (χ3v) is 5.40. The van der Waals surface area contributed by atoms with Crippen molar-refractivity contribution in [3.8, 4) is 0 Å². The molecule has 0 aromatic heterocycles. The van der Waals surface area contributed by atoms with Gasteiger partial charge in [0.05, 0.1) is 0 Å². The molecule has 2 rings (SSSR count). The largest absolute Gasteiger partial charge is 0.353 e. The van der Waals surface area contributed by atoms with Crippen molar-refractivity contribution in [3.05, 3.63) is 12.2 Å². The number of nitrogens with one attached hydrogen (secondary N) is 1. The van der Waals surface area contributed by atoms with E-state index in [0.29, 0.717) is 17.4 Å². The molecule has 3 heteroatoms. The van der Waals surface area contributed by atoms with Crippen molar-refractivity contribution in [2.75, 3.05) is 19.6 Å². The zero-order chi connectivity index (χ0) is 17.0. The Labute approximate surface area is 142 Å². The Balaban J connectivity index is 1.72. The molecule has 0 spiro atoms. The van der Waals surface area contributed by atoms with Crippen molar-refractivity contribution < 1.29 is 4.79 Å². The summed E-state index contributed by atoms with van der Waals surface area (Å²) in [5.74, 6) is 1.59. The molecule has 1 aliphatic heterocycles. The van der Waals surface area contributed by atoms with Crippen molar-refractivity contribution in [1.29, 1.82) is 0 Å². The van der Waals surface area contributed by atoms with Gasteiger partial charge in [-0.3, -0.25) is 9.69 Å². The van der Waals surface area contributed by atoms with Crippen LogP contribution in [-0.2, 0) is 4.79 Å². The molecule has 0 radical (unpaired) electrons. The van der Waals surface area contributed by atoms with Gasteiger partial charge in [0.2, 0.25) is 5.91 Å². The first-order valence-corrected chi connectivity index (χ1v) is 9.39. The lowest BCUT2D eigenvalue weighted by Crippen LogP contribution is -2.45. The van der Waals surface area contributed by atoms with E-state index in [0.717, 1.165) is 44.8 Å². The number of amides is 1. The Morgan fingerprint density at radius 1 is 1.26 bits per heavy atom. The minimum absolute atomic E-state index is 0.276. The molecule has 2 aliphatic rings. The summed E-state index contributed by atoms with van der Waals surface area (Å²) in [6, 6.07) is 0.373. The second-order valence-corrected chi connectivity index (χ2v) is 9.06. The maximum absolute atomic E-state index is 12.4. The summed E-state index contributed by atoms with van der Waals surface area (Å²) in [5.41, 5.74) is 1.62. The van der Waals surface area contributed by atoms with Crippen molar-refractivity contribution in [3.63, 3.8) is 0 Å². The first-order chi connectivity index (χ1) is 10.7. The topological polar surface area (TPSA) is 32.3 Å². The van der Waals surface area contributed by atoms with Crippen LogP contribution in [0.1, 0.15) is 66.2 Å². The number of piperidine rings is 1. The fraction of sp³-hybridized carbons (Fsp3) is 0.850. The molecule has 0 aromatic carbocycles. The minimum Gasteiger partial charge on any atom is -0.353 e. The van der Waals surface area contributed by atoms with Gasteiger partial charge in [-0.05, 0) is 56.3 Å². The molecule has 2 atom stereocenters. The van der Waals surface area contributed by atoms with E-state index in [1.807, 2.05) is 0 Å². The molecule has 1 amide bonds. The van der Waals surface area contributed by atoms with Gasteiger partial charge in [-0.1, -0.05) is 32.9 Å². The Kier molecular flexibility index (Phi) is 6.30. The van der Waals surface area contributed by atoms with Crippen molar-refractivity contribution in [1.82, 2.24) is 10.2 Å². The van der Waals surface area contributed by atoms with Crippen LogP contribution < -0.4 is 5.32 Å². The molecular weight excluding hydrogens is 284 g/mol. The molecule has 1 saturated heterocycles. The highest BCUT2D eigenvalue weighted by Gasteiger charge is 2.33. The first kappa shape index (κ1) is 18.5. The Morgan fingerprint density at radius 3 is 2.48 bits per heavy atom. The molecule has 0 bridgehead atoms. The number of rotatable bonds is 5. The van der Waals surface area contributed by atoms with Crippen LogP contribution in [0.3, 0.4) is 0 Å². The predicted octanol–water partition coefficient (Wildman–Crippen LogP) is 4.00. The van der Waals surface area contributed by atoms with Crippen LogP contribution >= 0.6 is 0 Å². The quantitative estimate of drug-likeness (QED) is 0.777. The summed E-state index contributed by atoms with van der Waals surface area (Å²) < 4.78 is 0. The third-order valence-electron chi connectivity index (χ3n) is 5.40. The predicted molar refractivity (Wildman–Crippen MR) is 97.3 cm³/mol. The molecule has 132 valence electrons. The molecular formula is C20H36N2O. The molecule has 0 aromatic rings. The van der Waals surface area contributed by atoms with E-state index in [9.17, 15) is 4.79 Å². The Bertz CT molecular complexity index is 421. The van der Waals surface area contributed by atoms with Crippen LogP contribution in [-0.4, -0.2) is 36.5 Å². The molecule has 1 N–H and O–H groups in total. The molecule has 1 aliphatic carbocycles. The number of hydrogen-bond acceptors (Lipinski definition) is 2. The lowest BCUT2D eigenvalue weighted by atomic mass is 9.67. The third kappa shape index (κ3) is 6.29. The maximum atomic E-state index is 12.4. The van der Waals surface area contributed by atoms with E-state index in [4.69, 9.17) is 0 Å². The van der Waals surface area contributed by atoms with Crippen LogP contribution in [0.25, 0.3) is 0 Å². The maximum Gasteiger partial charge on any atom is 0.220 e. The van der Waals surface area contributed by atoms with Gasteiger partial charge in [-0.15, -0.1) is 0 Å². The zero-order valence-corrected chi connectivity index (χ0v) is 15.7. The van der Waals surface area contributed by atoms with E-state index in [1.54, 1.807) is 0 Å². The Hall–Kier alpha value is -0.830. The number of hydrogen-bond donors (Lipinski definition) is 1. The van der Waals surface area contributed by atoms with Crippen molar-refractivity contribution >= 4 is 5.91 Å². The van der Waals surface area contributed by atoms with Gasteiger partial charge in [-0.2, -0.15) is 0 Å². The fourth-order valence-electron chi connectivity index (χ4n) is 4.87.